The van der Waals surface area contributed by atoms with Crippen LogP contribution in [0.25, 0.3) is 11.3 Å². The molecular weight excluding hydrogens is 397 g/mol. The van der Waals surface area contributed by atoms with E-state index in [1.54, 1.807) is 13.0 Å². The molecule has 0 saturated heterocycles. The highest BCUT2D eigenvalue weighted by Gasteiger charge is 2.42. The maximum atomic E-state index is 14.4. The molecule has 1 aromatic heterocycles. The second kappa shape index (κ2) is 7.75. The minimum absolute atomic E-state index is 0.00685. The largest absolute Gasteiger partial charge is 0.493 e. The zero-order valence-corrected chi connectivity index (χ0v) is 16.2. The summed E-state index contributed by atoms with van der Waals surface area (Å²) in [6, 6.07) is 5.03. The lowest BCUT2D eigenvalue weighted by Crippen LogP contribution is -2.48. The molecule has 1 aromatic carbocycles. The number of hydrogen-bond donors (Lipinski definition) is 1. The molecular formula is C18H21F3N2O4S. The fourth-order valence-corrected chi connectivity index (χ4v) is 4.19. The van der Waals surface area contributed by atoms with E-state index in [0.717, 1.165) is 12.3 Å². The van der Waals surface area contributed by atoms with E-state index in [2.05, 4.69) is 9.88 Å². The average molecular weight is 418 g/mol. The Balaban J connectivity index is 1.71. The van der Waals surface area contributed by atoms with E-state index < -0.39 is 46.6 Å². The van der Waals surface area contributed by atoms with Gasteiger partial charge in [0.1, 0.15) is 23.0 Å². The topological polar surface area (TPSA) is 81.4 Å². The number of rotatable bonds is 6. The van der Waals surface area contributed by atoms with Gasteiger partial charge in [0.25, 0.3) is 0 Å². The third-order valence-corrected chi connectivity index (χ3v) is 5.36. The average Bonchev–Trinajstić information content (AvgIpc) is 3.00. The summed E-state index contributed by atoms with van der Waals surface area (Å²) in [6.07, 6.45) is 0.0976. The van der Waals surface area contributed by atoms with Crippen molar-refractivity contribution in [3.05, 3.63) is 35.8 Å². The quantitative estimate of drug-likeness (QED) is 0.776. The smallest absolute Gasteiger partial charge is 0.248 e. The molecule has 1 saturated carbocycles. The van der Waals surface area contributed by atoms with Gasteiger partial charge in [-0.25, -0.2) is 26.3 Å². The molecule has 154 valence electrons. The normalized spacial score (nSPS) is 22.2. The molecule has 1 fully saturated rings. The maximum Gasteiger partial charge on any atom is 0.248 e. The first-order valence-electron chi connectivity index (χ1n) is 8.74. The first-order valence-corrected chi connectivity index (χ1v) is 10.6. The van der Waals surface area contributed by atoms with Crippen LogP contribution < -0.4 is 9.46 Å². The van der Waals surface area contributed by atoms with Crippen LogP contribution in [0, 0.1) is 18.7 Å². The molecule has 6 nitrogen and oxygen atoms in total. The summed E-state index contributed by atoms with van der Waals surface area (Å²) in [5, 5.41) is 3.75. The molecule has 3 rings (SSSR count). The van der Waals surface area contributed by atoms with Crippen LogP contribution in [0.4, 0.5) is 13.2 Å². The van der Waals surface area contributed by atoms with Crippen molar-refractivity contribution in [3.8, 4) is 17.0 Å². The van der Waals surface area contributed by atoms with Gasteiger partial charge in [-0.2, -0.15) is 0 Å². The van der Waals surface area contributed by atoms with E-state index in [4.69, 9.17) is 9.26 Å². The highest BCUT2D eigenvalue weighted by atomic mass is 32.2. The third-order valence-electron chi connectivity index (χ3n) is 4.62. The first kappa shape index (κ1) is 20.7. The Bertz CT molecular complexity index is 946. The zero-order valence-electron chi connectivity index (χ0n) is 15.4. The van der Waals surface area contributed by atoms with Crippen LogP contribution in [0.1, 0.15) is 25.0 Å². The number of alkyl halides is 2. The molecule has 2 aromatic rings. The third kappa shape index (κ3) is 5.26. The molecule has 0 spiro atoms. The lowest BCUT2D eigenvalue weighted by atomic mass is 9.83. The molecule has 0 amide bonds. The summed E-state index contributed by atoms with van der Waals surface area (Å²) in [5.41, 5.74) is 0.566. The number of nitrogens with one attached hydrogen (secondary N) is 1. The highest BCUT2D eigenvalue weighted by molar-refractivity contribution is 7.88. The number of nitrogens with zero attached hydrogens (tertiary/aromatic N) is 1. The second-order valence-corrected chi connectivity index (χ2v) is 8.91. The molecule has 0 bridgehead atoms. The van der Waals surface area contributed by atoms with Crippen LogP contribution in [0.3, 0.4) is 0 Å². The number of hydrogen-bond acceptors (Lipinski definition) is 5. The lowest BCUT2D eigenvalue weighted by molar-refractivity contribution is -0.0661. The van der Waals surface area contributed by atoms with Crippen molar-refractivity contribution in [2.75, 3.05) is 12.9 Å². The van der Waals surface area contributed by atoms with Crippen molar-refractivity contribution in [1.29, 1.82) is 0 Å². The van der Waals surface area contributed by atoms with Crippen molar-refractivity contribution >= 4 is 10.0 Å². The van der Waals surface area contributed by atoms with E-state index in [1.165, 1.54) is 12.1 Å². The van der Waals surface area contributed by atoms with E-state index >= 15 is 0 Å². The first-order chi connectivity index (χ1) is 13.0. The highest BCUT2D eigenvalue weighted by Crippen LogP contribution is 2.37. The molecule has 1 N–H and O–H groups in total. The van der Waals surface area contributed by atoms with E-state index in [1.807, 2.05) is 0 Å². The molecule has 2 atom stereocenters. The summed E-state index contributed by atoms with van der Waals surface area (Å²) in [6.45, 7) is 1.53. The predicted molar refractivity (Wildman–Crippen MR) is 96.2 cm³/mol. The fourth-order valence-electron chi connectivity index (χ4n) is 3.33. The Kier molecular flexibility index (Phi) is 5.72. The Morgan fingerprint density at radius 2 is 2.11 bits per heavy atom. The van der Waals surface area contributed by atoms with Gasteiger partial charge in [0, 0.05) is 42.5 Å². The number of benzene rings is 1. The fraction of sp³-hybridized carbons (Fsp3) is 0.500. The summed E-state index contributed by atoms with van der Waals surface area (Å²) in [5.74, 6) is -3.51. The predicted octanol–water partition coefficient (Wildman–Crippen LogP) is 3.52. The van der Waals surface area contributed by atoms with E-state index in [9.17, 15) is 21.6 Å². The van der Waals surface area contributed by atoms with Crippen molar-refractivity contribution in [2.45, 2.75) is 38.2 Å². The van der Waals surface area contributed by atoms with Crippen LogP contribution in [-0.4, -0.2) is 38.4 Å². The van der Waals surface area contributed by atoms with Gasteiger partial charge in [0.2, 0.25) is 15.9 Å². The summed E-state index contributed by atoms with van der Waals surface area (Å²) >= 11 is 0. The van der Waals surface area contributed by atoms with Gasteiger partial charge >= 0.3 is 0 Å². The zero-order chi connectivity index (χ0) is 20.5. The number of ether oxygens (including phenoxy) is 1. The molecule has 0 aliphatic heterocycles. The van der Waals surface area contributed by atoms with E-state index in [-0.39, 0.29) is 24.3 Å². The van der Waals surface area contributed by atoms with E-state index in [0.29, 0.717) is 11.5 Å². The minimum Gasteiger partial charge on any atom is -0.493 e. The Labute approximate surface area is 161 Å². The molecule has 0 radical (unpaired) electrons. The Morgan fingerprint density at radius 1 is 1.36 bits per heavy atom. The van der Waals surface area contributed by atoms with Gasteiger partial charge in [-0.15, -0.1) is 0 Å². The number of halogens is 3. The van der Waals surface area contributed by atoms with Gasteiger partial charge < -0.3 is 9.26 Å². The van der Waals surface area contributed by atoms with Crippen molar-refractivity contribution in [2.24, 2.45) is 5.92 Å². The van der Waals surface area contributed by atoms with Gasteiger partial charge in [-0.1, -0.05) is 5.16 Å². The van der Waals surface area contributed by atoms with Gasteiger partial charge in [-0.3, -0.25) is 0 Å². The Morgan fingerprint density at radius 3 is 2.71 bits per heavy atom. The van der Waals surface area contributed by atoms with Crippen molar-refractivity contribution in [3.63, 3.8) is 0 Å². The second-order valence-electron chi connectivity index (χ2n) is 7.13. The lowest BCUT2D eigenvalue weighted by Gasteiger charge is -2.35. The summed E-state index contributed by atoms with van der Waals surface area (Å²) in [7, 11) is -3.54. The molecule has 1 aliphatic rings. The standard InChI is InChI=1S/C18H21F3N2O4S/c1-11-7-17(22-27-11)14-4-3-13(8-15(14)19)26-10-12-9-18(20,21)6-5-16(12)23-28(2,24)25/h3-4,7-8,12,16,23H,5-6,9-10H2,1-2H3/t12-,16+/m1/s1. The molecule has 28 heavy (non-hydrogen) atoms. The monoisotopic (exact) mass is 418 g/mol. The number of sulfonamides is 1. The molecule has 10 heteroatoms. The number of aryl methyl sites for hydroxylation is 1. The van der Waals surface area contributed by atoms with Gasteiger partial charge in [0.05, 0.1) is 12.9 Å². The van der Waals surface area contributed by atoms with Crippen LogP contribution in [0.2, 0.25) is 0 Å². The van der Waals surface area contributed by atoms with Crippen LogP contribution in [0.5, 0.6) is 5.75 Å². The summed E-state index contributed by atoms with van der Waals surface area (Å²) in [4.78, 5) is 0. The maximum absolute atomic E-state index is 14.4. The summed E-state index contributed by atoms with van der Waals surface area (Å²) < 4.78 is 77.8. The van der Waals surface area contributed by atoms with Crippen molar-refractivity contribution < 1.29 is 30.8 Å². The van der Waals surface area contributed by atoms with Gasteiger partial charge in [0.15, 0.2) is 0 Å². The van der Waals surface area contributed by atoms with Crippen LogP contribution in [0.15, 0.2) is 28.8 Å². The molecule has 1 heterocycles. The Hall–Kier alpha value is -2.07. The van der Waals surface area contributed by atoms with Gasteiger partial charge in [-0.05, 0) is 25.5 Å². The van der Waals surface area contributed by atoms with Crippen molar-refractivity contribution in [1.82, 2.24) is 9.88 Å². The SMILES string of the molecule is Cc1cc(-c2ccc(OC[C@H]3CC(F)(F)CC[C@@H]3NS(C)(=O)=O)cc2F)no1. The molecule has 1 aliphatic carbocycles. The van der Waals surface area contributed by atoms with Crippen LogP contribution in [-0.2, 0) is 10.0 Å². The van der Waals surface area contributed by atoms with Crippen LogP contribution >= 0.6 is 0 Å². The number of aromatic nitrogens is 1. The minimum atomic E-state index is -3.54. The molecule has 0 unspecified atom stereocenters.